The molecule has 0 bridgehead atoms. The van der Waals surface area contributed by atoms with Crippen molar-refractivity contribution >= 4 is 17.7 Å². The monoisotopic (exact) mass is 291 g/mol. The fourth-order valence-corrected chi connectivity index (χ4v) is 2.57. The average Bonchev–Trinajstić information content (AvgIpc) is 2.87. The number of aromatic nitrogens is 1. The molecule has 6 heteroatoms. The first-order valence-electron chi connectivity index (χ1n) is 6.94. The number of ether oxygens (including phenoxy) is 1. The highest BCUT2D eigenvalue weighted by Crippen LogP contribution is 2.25. The number of nitrogens with zero attached hydrogens (tertiary/aromatic N) is 3. The molecular formula is C15H21N3O3. The summed E-state index contributed by atoms with van der Waals surface area (Å²) in [5, 5.41) is 0. The Hall–Kier alpha value is -2.11. The van der Waals surface area contributed by atoms with Crippen LogP contribution in [-0.2, 0) is 9.53 Å². The van der Waals surface area contributed by atoms with Gasteiger partial charge < -0.3 is 14.5 Å². The molecule has 1 aliphatic heterocycles. The number of hydrogen-bond donors (Lipinski definition) is 0. The fraction of sp³-hybridized carbons (Fsp3) is 0.533. The average molecular weight is 291 g/mol. The summed E-state index contributed by atoms with van der Waals surface area (Å²) < 4.78 is 4.80. The molecule has 1 fully saturated rings. The molecule has 0 saturated carbocycles. The van der Waals surface area contributed by atoms with E-state index in [1.165, 1.54) is 7.11 Å². The molecule has 1 aliphatic rings. The normalized spacial score (nSPS) is 21.2. The second-order valence-corrected chi connectivity index (χ2v) is 5.61. The molecule has 1 saturated heterocycles. The number of pyridine rings is 1. The zero-order valence-electron chi connectivity index (χ0n) is 12.9. The molecule has 0 aliphatic carbocycles. The Kier molecular flexibility index (Phi) is 4.45. The highest BCUT2D eigenvalue weighted by molar-refractivity contribution is 5.95. The Morgan fingerprint density at radius 3 is 2.71 bits per heavy atom. The van der Waals surface area contributed by atoms with Crippen LogP contribution >= 0.6 is 0 Å². The molecule has 0 spiro atoms. The highest BCUT2D eigenvalue weighted by atomic mass is 16.5. The van der Waals surface area contributed by atoms with E-state index < -0.39 is 0 Å². The van der Waals surface area contributed by atoms with E-state index in [9.17, 15) is 9.59 Å². The fourth-order valence-electron chi connectivity index (χ4n) is 2.57. The third kappa shape index (κ3) is 3.15. The molecular weight excluding hydrogens is 270 g/mol. The molecule has 0 N–H and O–H groups in total. The molecule has 6 nitrogen and oxygen atoms in total. The topological polar surface area (TPSA) is 62.7 Å². The summed E-state index contributed by atoms with van der Waals surface area (Å²) in [7, 11) is 5.13. The summed E-state index contributed by atoms with van der Waals surface area (Å²) in [4.78, 5) is 32.0. The van der Waals surface area contributed by atoms with E-state index in [2.05, 4.69) is 4.98 Å². The smallest absolute Gasteiger partial charge is 0.310 e. The van der Waals surface area contributed by atoms with Crippen LogP contribution < -0.4 is 4.90 Å². The van der Waals surface area contributed by atoms with Crippen LogP contribution in [0.4, 0.5) is 5.82 Å². The molecule has 0 radical (unpaired) electrons. The van der Waals surface area contributed by atoms with Crippen molar-refractivity contribution in [2.24, 2.45) is 11.8 Å². The Morgan fingerprint density at radius 1 is 1.38 bits per heavy atom. The van der Waals surface area contributed by atoms with Gasteiger partial charge in [-0.15, -0.1) is 0 Å². The molecule has 2 heterocycles. The number of rotatable bonds is 3. The van der Waals surface area contributed by atoms with Crippen molar-refractivity contribution in [1.29, 1.82) is 0 Å². The predicted molar refractivity (Wildman–Crippen MR) is 79.1 cm³/mol. The number of methoxy groups -OCH3 is 1. The summed E-state index contributed by atoms with van der Waals surface area (Å²) >= 11 is 0. The van der Waals surface area contributed by atoms with Crippen LogP contribution in [0.1, 0.15) is 17.3 Å². The second-order valence-electron chi connectivity index (χ2n) is 5.61. The number of anilines is 1. The standard InChI is InChI=1S/C15H21N3O3/c1-10-8-18(9-12(10)15(20)21-4)14(19)11-5-6-16-13(7-11)17(2)3/h5-7,10,12H,8-9H2,1-4H3. The van der Waals surface area contributed by atoms with Crippen molar-refractivity contribution in [2.45, 2.75) is 6.92 Å². The van der Waals surface area contributed by atoms with Gasteiger partial charge in [0.1, 0.15) is 5.82 Å². The minimum atomic E-state index is -0.249. The SMILES string of the molecule is COC(=O)C1CN(C(=O)c2ccnc(N(C)C)c2)CC1C. The second kappa shape index (κ2) is 6.11. The van der Waals surface area contributed by atoms with E-state index in [-0.39, 0.29) is 23.7 Å². The van der Waals surface area contributed by atoms with Crippen molar-refractivity contribution in [3.05, 3.63) is 23.9 Å². The van der Waals surface area contributed by atoms with E-state index >= 15 is 0 Å². The summed E-state index contributed by atoms with van der Waals surface area (Å²) in [6.07, 6.45) is 1.62. The maximum absolute atomic E-state index is 12.6. The third-order valence-electron chi connectivity index (χ3n) is 3.85. The quantitative estimate of drug-likeness (QED) is 0.778. The van der Waals surface area contributed by atoms with Crippen LogP contribution in [0, 0.1) is 11.8 Å². The van der Waals surface area contributed by atoms with E-state index in [4.69, 9.17) is 4.74 Å². The Balaban J connectivity index is 2.14. The zero-order valence-corrected chi connectivity index (χ0v) is 12.9. The summed E-state index contributed by atoms with van der Waals surface area (Å²) in [6, 6.07) is 3.46. The predicted octanol–water partition coefficient (Wildman–Crippen LogP) is 1.03. The van der Waals surface area contributed by atoms with Crippen LogP contribution in [0.15, 0.2) is 18.3 Å². The maximum atomic E-state index is 12.6. The lowest BCUT2D eigenvalue weighted by Gasteiger charge is -2.17. The van der Waals surface area contributed by atoms with Crippen molar-refractivity contribution in [2.75, 3.05) is 39.2 Å². The van der Waals surface area contributed by atoms with Gasteiger partial charge in [-0.2, -0.15) is 0 Å². The zero-order chi connectivity index (χ0) is 15.6. The number of carbonyl (C=O) groups is 2. The number of hydrogen-bond acceptors (Lipinski definition) is 5. The summed E-state index contributed by atoms with van der Waals surface area (Å²) in [5.74, 6) is 0.281. The lowest BCUT2D eigenvalue weighted by atomic mass is 9.99. The van der Waals surface area contributed by atoms with Crippen molar-refractivity contribution < 1.29 is 14.3 Å². The van der Waals surface area contributed by atoms with Crippen LogP contribution in [0.2, 0.25) is 0 Å². The molecule has 0 aromatic carbocycles. The summed E-state index contributed by atoms with van der Waals surface area (Å²) in [6.45, 7) is 2.94. The molecule has 1 aromatic rings. The molecule has 1 amide bonds. The van der Waals surface area contributed by atoms with Crippen molar-refractivity contribution in [3.8, 4) is 0 Å². The highest BCUT2D eigenvalue weighted by Gasteiger charge is 2.37. The minimum absolute atomic E-state index is 0.0706. The van der Waals surface area contributed by atoms with Gasteiger partial charge in [0.2, 0.25) is 0 Å². The lowest BCUT2D eigenvalue weighted by molar-refractivity contribution is -0.146. The van der Waals surface area contributed by atoms with Crippen LogP contribution in [0.25, 0.3) is 0 Å². The molecule has 2 atom stereocenters. The molecule has 2 rings (SSSR count). The van der Waals surface area contributed by atoms with E-state index in [0.29, 0.717) is 18.7 Å². The van der Waals surface area contributed by atoms with Crippen molar-refractivity contribution in [1.82, 2.24) is 9.88 Å². The van der Waals surface area contributed by atoms with Crippen LogP contribution in [-0.4, -0.2) is 56.1 Å². The van der Waals surface area contributed by atoms with E-state index in [1.54, 1.807) is 23.2 Å². The van der Waals surface area contributed by atoms with Gasteiger partial charge in [0.25, 0.3) is 5.91 Å². The molecule has 21 heavy (non-hydrogen) atoms. The van der Waals surface area contributed by atoms with E-state index in [1.807, 2.05) is 25.9 Å². The van der Waals surface area contributed by atoms with Gasteiger partial charge in [-0.05, 0) is 18.1 Å². The van der Waals surface area contributed by atoms with Gasteiger partial charge in [-0.25, -0.2) is 4.98 Å². The van der Waals surface area contributed by atoms with Crippen LogP contribution in [0.5, 0.6) is 0 Å². The molecule has 2 unspecified atom stereocenters. The Labute approximate surface area is 124 Å². The van der Waals surface area contributed by atoms with Gasteiger partial charge in [-0.1, -0.05) is 6.92 Å². The first-order valence-corrected chi connectivity index (χ1v) is 6.94. The number of esters is 1. The van der Waals surface area contributed by atoms with Gasteiger partial charge >= 0.3 is 5.97 Å². The molecule has 114 valence electrons. The molecule has 1 aromatic heterocycles. The summed E-state index contributed by atoms with van der Waals surface area (Å²) in [5.41, 5.74) is 0.589. The number of amides is 1. The lowest BCUT2D eigenvalue weighted by Crippen LogP contribution is -2.30. The largest absolute Gasteiger partial charge is 0.469 e. The van der Waals surface area contributed by atoms with Crippen molar-refractivity contribution in [3.63, 3.8) is 0 Å². The third-order valence-corrected chi connectivity index (χ3v) is 3.85. The van der Waals surface area contributed by atoms with E-state index in [0.717, 1.165) is 5.82 Å². The van der Waals surface area contributed by atoms with Gasteiger partial charge in [0.15, 0.2) is 0 Å². The first-order chi connectivity index (χ1) is 9.93. The van der Waals surface area contributed by atoms with Gasteiger partial charge in [0, 0.05) is 38.9 Å². The van der Waals surface area contributed by atoms with Gasteiger partial charge in [-0.3, -0.25) is 9.59 Å². The number of likely N-dealkylation sites (tertiary alicyclic amines) is 1. The number of carbonyl (C=O) groups excluding carboxylic acids is 2. The van der Waals surface area contributed by atoms with Gasteiger partial charge in [0.05, 0.1) is 13.0 Å². The Bertz CT molecular complexity index is 545. The Morgan fingerprint density at radius 2 is 2.10 bits per heavy atom. The van der Waals surface area contributed by atoms with Crippen LogP contribution in [0.3, 0.4) is 0 Å². The first kappa shape index (κ1) is 15.3. The maximum Gasteiger partial charge on any atom is 0.310 e. The minimum Gasteiger partial charge on any atom is -0.469 e.